The molecule has 1 rings (SSSR count). The molecule has 1 atom stereocenters. The summed E-state index contributed by atoms with van der Waals surface area (Å²) in [5.41, 5.74) is -3.25. The molecule has 0 aliphatic carbocycles. The van der Waals surface area contributed by atoms with Crippen LogP contribution in [0.4, 0.5) is 0 Å². The van der Waals surface area contributed by atoms with Gasteiger partial charge in [-0.25, -0.2) is 0 Å². The quantitative estimate of drug-likeness (QED) is 0.832. The second kappa shape index (κ2) is 4.98. The minimum Gasteiger partial charge on any atom is -0.303 e. The van der Waals surface area contributed by atoms with E-state index in [1.54, 1.807) is 6.07 Å². The van der Waals surface area contributed by atoms with Crippen molar-refractivity contribution in [2.75, 3.05) is 0 Å². The lowest BCUT2D eigenvalue weighted by atomic mass is 10.0. The number of ketones is 1. The second-order valence-corrected chi connectivity index (χ2v) is 3.87. The van der Waals surface area contributed by atoms with E-state index in [-0.39, 0.29) is 10.6 Å². The van der Waals surface area contributed by atoms with E-state index >= 15 is 0 Å². The summed E-state index contributed by atoms with van der Waals surface area (Å²) in [4.78, 5) is 12.5. The number of hydrogen-bond donors (Lipinski definition) is 1. The highest BCUT2D eigenvalue weighted by Crippen LogP contribution is 2.17. The molecule has 0 radical (unpaired) electrons. The van der Waals surface area contributed by atoms with Crippen molar-refractivity contribution >= 4 is 17.4 Å². The van der Waals surface area contributed by atoms with E-state index in [2.05, 4.69) is 5.32 Å². The van der Waals surface area contributed by atoms with E-state index in [1.807, 2.05) is 0 Å². The molecule has 16 heavy (non-hydrogen) atoms. The monoisotopic (exact) mass is 248 g/mol. The molecule has 88 valence electrons. The predicted octanol–water partition coefficient (Wildman–Crippen LogP) is 3.30. The second-order valence-electron chi connectivity index (χ2n) is 3.46. The van der Waals surface area contributed by atoms with Gasteiger partial charge >= 0.3 is 0 Å². The molecule has 0 aromatic heterocycles. The van der Waals surface area contributed by atoms with Crippen LogP contribution >= 0.6 is 11.6 Å². The smallest absolute Gasteiger partial charge is 0.180 e. The first-order valence-corrected chi connectivity index (χ1v) is 5.00. The summed E-state index contributed by atoms with van der Waals surface area (Å²) in [5, 5.41) is 2.17. The number of nitrogens with one attached hydrogen (secondary N) is 1. The number of carbonyl (C=O) groups excluding carboxylic acids is 1. The van der Waals surface area contributed by atoms with E-state index in [1.165, 1.54) is 25.1 Å². The van der Waals surface area contributed by atoms with Gasteiger partial charge in [0.1, 0.15) is 0 Å². The summed E-state index contributed by atoms with van der Waals surface area (Å²) in [6.45, 7) is -9.10. The Hall–Kier alpha value is -0.860. The molecule has 0 bridgehead atoms. The lowest BCUT2D eigenvalue weighted by molar-refractivity contribution is 0.0936. The number of halogens is 1. The third kappa shape index (κ3) is 3.62. The van der Waals surface area contributed by atoms with Crippen LogP contribution in [-0.2, 0) is 0 Å². The van der Waals surface area contributed by atoms with E-state index in [0.717, 1.165) is 0 Å². The molecule has 2 nitrogen and oxygen atoms in total. The Bertz CT molecular complexity index is 600. The van der Waals surface area contributed by atoms with Crippen molar-refractivity contribution in [3.63, 3.8) is 0 Å². The Labute approximate surface area is 115 Å². The Kier molecular flexibility index (Phi) is 1.62. The van der Waals surface area contributed by atoms with Gasteiger partial charge in [0.15, 0.2) is 5.78 Å². The molecule has 1 aromatic rings. The van der Waals surface area contributed by atoms with Gasteiger partial charge in [-0.15, -0.1) is 0 Å². The number of carbonyl (C=O) groups is 1. The van der Waals surface area contributed by atoms with Gasteiger partial charge in [-0.3, -0.25) is 4.79 Å². The average Bonchev–Trinajstić information content (AvgIpc) is 2.40. The molecule has 1 N–H and O–H groups in total. The fourth-order valence-corrected chi connectivity index (χ4v) is 1.51. The molecule has 0 spiro atoms. The Morgan fingerprint density at radius 3 is 2.62 bits per heavy atom. The minimum absolute atomic E-state index is 0.0275. The molecular formula is C13H18ClNO. The third-order valence-corrected chi connectivity index (χ3v) is 2.30. The van der Waals surface area contributed by atoms with E-state index < -0.39 is 37.9 Å². The maximum atomic E-state index is 12.5. The number of rotatable bonds is 3. The predicted molar refractivity (Wildman–Crippen MR) is 68.1 cm³/mol. The molecule has 1 aromatic carbocycles. The number of benzene rings is 1. The minimum atomic E-state index is -3.43. The summed E-state index contributed by atoms with van der Waals surface area (Å²) >= 11 is 5.92. The van der Waals surface area contributed by atoms with Crippen molar-refractivity contribution in [1.82, 2.24) is 5.32 Å². The average molecular weight is 249 g/mol. The Balaban J connectivity index is 3.41. The van der Waals surface area contributed by atoms with Gasteiger partial charge < -0.3 is 5.32 Å². The van der Waals surface area contributed by atoms with Crippen LogP contribution in [0.1, 0.15) is 50.2 Å². The topological polar surface area (TPSA) is 29.1 Å². The summed E-state index contributed by atoms with van der Waals surface area (Å²) in [6.07, 6.45) is 0. The SMILES string of the molecule is [2H]C([2H])([2H])C(NC(C)C(=O)c1ccccc1Cl)(C([2H])([2H])[2H])C([2H])([2H])[2H]. The zero-order chi connectivity index (χ0) is 19.8. The van der Waals surface area contributed by atoms with Crippen LogP contribution in [0.5, 0.6) is 0 Å². The lowest BCUT2D eigenvalue weighted by Crippen LogP contribution is -2.46. The Morgan fingerprint density at radius 1 is 1.44 bits per heavy atom. The first kappa shape index (κ1) is 5.19. The fraction of sp³-hybridized carbons (Fsp3) is 0.462. The van der Waals surface area contributed by atoms with Gasteiger partial charge in [0.25, 0.3) is 0 Å². The maximum Gasteiger partial charge on any atom is 0.180 e. The molecule has 0 aliphatic rings. The molecule has 0 fully saturated rings. The Morgan fingerprint density at radius 2 is 2.06 bits per heavy atom. The van der Waals surface area contributed by atoms with Crippen LogP contribution < -0.4 is 5.32 Å². The van der Waals surface area contributed by atoms with Gasteiger partial charge in [0.2, 0.25) is 0 Å². The fourth-order valence-electron chi connectivity index (χ4n) is 1.28. The first-order valence-electron chi connectivity index (χ1n) is 9.13. The molecule has 0 saturated heterocycles. The largest absolute Gasteiger partial charge is 0.303 e. The van der Waals surface area contributed by atoms with Crippen LogP contribution in [0.2, 0.25) is 5.02 Å². The summed E-state index contributed by atoms with van der Waals surface area (Å²) in [7, 11) is 0. The highest BCUT2D eigenvalue weighted by Gasteiger charge is 2.21. The van der Waals surface area contributed by atoms with Gasteiger partial charge in [0.05, 0.1) is 11.1 Å². The zero-order valence-electron chi connectivity index (χ0n) is 17.7. The molecule has 0 amide bonds. The molecule has 3 heteroatoms. The molecule has 1 unspecified atom stereocenters. The van der Waals surface area contributed by atoms with E-state index in [0.29, 0.717) is 0 Å². The van der Waals surface area contributed by atoms with Gasteiger partial charge in [-0.2, -0.15) is 0 Å². The third-order valence-electron chi connectivity index (χ3n) is 1.97. The standard InChI is InChI=1S/C13H18ClNO/c1-9(15-13(2,3)4)12(16)10-7-5-6-8-11(10)14/h5-9,15H,1-4H3/i2D3,3D3,4D3. The van der Waals surface area contributed by atoms with Gasteiger partial charge in [-0.1, -0.05) is 23.7 Å². The number of Topliss-reactive ketones (excluding diaryl/α,β-unsaturated/α-hetero) is 1. The molecule has 0 aliphatic heterocycles. The lowest BCUT2D eigenvalue weighted by Gasteiger charge is -2.25. The van der Waals surface area contributed by atoms with Crippen molar-refractivity contribution in [1.29, 1.82) is 0 Å². The summed E-state index contributed by atoms with van der Waals surface area (Å²) < 4.78 is 67.9. The molecule has 0 heterocycles. The van der Waals surface area contributed by atoms with Gasteiger partial charge in [-0.05, 0) is 39.6 Å². The highest BCUT2D eigenvalue weighted by atomic mass is 35.5. The van der Waals surface area contributed by atoms with Crippen LogP contribution in [0.15, 0.2) is 24.3 Å². The summed E-state index contributed by atoms with van der Waals surface area (Å²) in [5.74, 6) is -0.715. The first-order chi connectivity index (χ1) is 11.1. The van der Waals surface area contributed by atoms with Crippen LogP contribution in [0, 0.1) is 0 Å². The van der Waals surface area contributed by atoms with Crippen LogP contribution in [-0.4, -0.2) is 17.4 Å². The van der Waals surface area contributed by atoms with Crippen molar-refractivity contribution < 1.29 is 17.1 Å². The highest BCUT2D eigenvalue weighted by molar-refractivity contribution is 6.34. The van der Waals surface area contributed by atoms with Crippen molar-refractivity contribution in [3.05, 3.63) is 34.9 Å². The zero-order valence-corrected chi connectivity index (χ0v) is 9.43. The van der Waals surface area contributed by atoms with Crippen molar-refractivity contribution in [3.8, 4) is 0 Å². The van der Waals surface area contributed by atoms with Crippen molar-refractivity contribution in [2.45, 2.75) is 39.1 Å². The van der Waals surface area contributed by atoms with E-state index in [9.17, 15) is 4.79 Å². The molecule has 0 saturated carbocycles. The maximum absolute atomic E-state index is 12.5. The normalized spacial score (nSPS) is 24.2. The van der Waals surface area contributed by atoms with Crippen LogP contribution in [0.3, 0.4) is 0 Å². The van der Waals surface area contributed by atoms with Crippen LogP contribution in [0.25, 0.3) is 0 Å². The molecular weight excluding hydrogens is 222 g/mol. The van der Waals surface area contributed by atoms with E-state index in [4.69, 9.17) is 23.9 Å². The number of hydrogen-bond acceptors (Lipinski definition) is 2. The van der Waals surface area contributed by atoms with Gasteiger partial charge in [0, 0.05) is 23.4 Å². The summed E-state index contributed by atoms with van der Waals surface area (Å²) in [6, 6.07) is 4.50. The van der Waals surface area contributed by atoms with Crippen molar-refractivity contribution in [2.24, 2.45) is 0 Å².